The van der Waals surface area contributed by atoms with Crippen molar-refractivity contribution in [3.63, 3.8) is 0 Å². The number of methoxy groups -OCH3 is 1. The molecule has 3 aromatic heterocycles. The number of benzene rings is 1. The van der Waals surface area contributed by atoms with E-state index >= 15 is 0 Å². The number of anilines is 2. The van der Waals surface area contributed by atoms with Gasteiger partial charge in [0.1, 0.15) is 5.75 Å². The number of nitrogen functional groups attached to an aromatic ring is 1. The summed E-state index contributed by atoms with van der Waals surface area (Å²) in [5.74, 6) is 1.61. The van der Waals surface area contributed by atoms with Crippen molar-refractivity contribution in [2.75, 3.05) is 30.8 Å². The highest BCUT2D eigenvalue weighted by molar-refractivity contribution is 5.93. The molecule has 1 atom stereocenters. The molecule has 0 amide bonds. The highest BCUT2D eigenvalue weighted by Crippen LogP contribution is 2.31. The third kappa shape index (κ3) is 3.70. The molecule has 0 saturated carbocycles. The van der Waals surface area contributed by atoms with Crippen LogP contribution in [0, 0.1) is 0 Å². The van der Waals surface area contributed by atoms with Crippen LogP contribution >= 0.6 is 0 Å². The molecule has 166 valence electrons. The van der Waals surface area contributed by atoms with Crippen LogP contribution in [0.25, 0.3) is 16.6 Å². The smallest absolute Gasteiger partial charge is 0.388 e. The number of aromatic nitrogens is 5. The Labute approximate surface area is 181 Å². The van der Waals surface area contributed by atoms with Gasteiger partial charge in [-0.2, -0.15) is 13.3 Å². The Morgan fingerprint density at radius 1 is 1.19 bits per heavy atom. The van der Waals surface area contributed by atoms with E-state index in [9.17, 15) is 8.78 Å². The summed E-state index contributed by atoms with van der Waals surface area (Å²) in [5, 5.41) is 5.48. The molecule has 9 nitrogen and oxygen atoms in total. The van der Waals surface area contributed by atoms with Gasteiger partial charge in [-0.25, -0.2) is 15.0 Å². The Morgan fingerprint density at radius 3 is 2.81 bits per heavy atom. The summed E-state index contributed by atoms with van der Waals surface area (Å²) in [7, 11) is 1.60. The van der Waals surface area contributed by atoms with Crippen LogP contribution in [0.15, 0.2) is 36.5 Å². The van der Waals surface area contributed by atoms with Crippen molar-refractivity contribution in [3.05, 3.63) is 42.4 Å². The van der Waals surface area contributed by atoms with Crippen LogP contribution < -0.4 is 20.1 Å². The van der Waals surface area contributed by atoms with Crippen molar-refractivity contribution in [2.24, 2.45) is 0 Å². The predicted octanol–water partition coefficient (Wildman–Crippen LogP) is 3.25. The fourth-order valence-electron chi connectivity index (χ4n) is 4.07. The van der Waals surface area contributed by atoms with Gasteiger partial charge in [-0.05, 0) is 31.0 Å². The van der Waals surface area contributed by atoms with E-state index in [0.29, 0.717) is 29.3 Å². The number of nitrogens with two attached hydrogens (primary N) is 1. The van der Waals surface area contributed by atoms with E-state index in [2.05, 4.69) is 24.7 Å². The molecular formula is C21H21F2N7O2. The van der Waals surface area contributed by atoms with Crippen molar-refractivity contribution >= 4 is 28.2 Å². The average Bonchev–Trinajstić information content (AvgIpc) is 3.25. The van der Waals surface area contributed by atoms with Crippen LogP contribution in [0.5, 0.6) is 11.6 Å². The highest BCUT2D eigenvalue weighted by Gasteiger charge is 2.26. The SMILES string of the molecule is COc1ccc2c(c1)nc(N)n1nc([C@@H]3CCCN(c4ccc(OC(F)F)nc4)C3)nc21. The monoisotopic (exact) mass is 441 g/mol. The maximum atomic E-state index is 12.4. The predicted molar refractivity (Wildman–Crippen MR) is 114 cm³/mol. The number of nitrogens with zero attached hydrogens (tertiary/aromatic N) is 6. The lowest BCUT2D eigenvalue weighted by molar-refractivity contribution is -0.0528. The molecule has 1 fully saturated rings. The lowest BCUT2D eigenvalue weighted by Crippen LogP contribution is -2.34. The minimum Gasteiger partial charge on any atom is -0.497 e. The molecule has 1 aromatic carbocycles. The third-order valence-corrected chi connectivity index (χ3v) is 5.60. The first-order valence-electron chi connectivity index (χ1n) is 10.2. The number of hydrogen-bond acceptors (Lipinski definition) is 8. The Morgan fingerprint density at radius 2 is 2.06 bits per heavy atom. The molecule has 4 heterocycles. The van der Waals surface area contributed by atoms with Crippen molar-refractivity contribution in [1.82, 2.24) is 24.6 Å². The van der Waals surface area contributed by atoms with Gasteiger partial charge in [0.25, 0.3) is 0 Å². The van der Waals surface area contributed by atoms with Crippen LogP contribution in [0.4, 0.5) is 20.4 Å². The zero-order valence-electron chi connectivity index (χ0n) is 17.3. The number of alkyl halides is 2. The number of hydrogen-bond donors (Lipinski definition) is 1. The first kappa shape index (κ1) is 20.2. The van der Waals surface area contributed by atoms with E-state index in [-0.39, 0.29) is 17.7 Å². The third-order valence-electron chi connectivity index (χ3n) is 5.60. The van der Waals surface area contributed by atoms with E-state index in [1.807, 2.05) is 18.2 Å². The van der Waals surface area contributed by atoms with Gasteiger partial charge in [0, 0.05) is 36.5 Å². The van der Waals surface area contributed by atoms with Gasteiger partial charge < -0.3 is 20.1 Å². The van der Waals surface area contributed by atoms with E-state index < -0.39 is 6.61 Å². The van der Waals surface area contributed by atoms with E-state index in [1.54, 1.807) is 23.9 Å². The van der Waals surface area contributed by atoms with Crippen molar-refractivity contribution in [2.45, 2.75) is 25.4 Å². The first-order valence-corrected chi connectivity index (χ1v) is 10.2. The van der Waals surface area contributed by atoms with Crippen LogP contribution in [-0.2, 0) is 0 Å². The summed E-state index contributed by atoms with van der Waals surface area (Å²) < 4.78 is 35.9. The molecular weight excluding hydrogens is 420 g/mol. The first-order chi connectivity index (χ1) is 15.5. The molecule has 5 rings (SSSR count). The number of halogens is 2. The Bertz CT molecular complexity index is 1260. The summed E-state index contributed by atoms with van der Waals surface area (Å²) in [5.41, 5.74) is 8.32. The summed E-state index contributed by atoms with van der Waals surface area (Å²) in [6.45, 7) is -1.40. The summed E-state index contributed by atoms with van der Waals surface area (Å²) >= 11 is 0. The van der Waals surface area contributed by atoms with E-state index in [0.717, 1.165) is 30.5 Å². The van der Waals surface area contributed by atoms with E-state index in [1.165, 1.54) is 6.07 Å². The minimum atomic E-state index is -2.90. The second-order valence-corrected chi connectivity index (χ2v) is 7.58. The Hall–Kier alpha value is -3.76. The zero-order chi connectivity index (χ0) is 22.2. The number of rotatable bonds is 5. The van der Waals surface area contributed by atoms with Crippen molar-refractivity contribution in [1.29, 1.82) is 0 Å². The van der Waals surface area contributed by atoms with Gasteiger partial charge >= 0.3 is 6.61 Å². The van der Waals surface area contributed by atoms with Gasteiger partial charge in [0.15, 0.2) is 11.5 Å². The quantitative estimate of drug-likeness (QED) is 0.503. The topological polar surface area (TPSA) is 104 Å². The number of ether oxygens (including phenoxy) is 2. The molecule has 1 saturated heterocycles. The molecule has 11 heteroatoms. The largest absolute Gasteiger partial charge is 0.497 e. The summed E-state index contributed by atoms with van der Waals surface area (Å²) in [4.78, 5) is 15.4. The minimum absolute atomic E-state index is 0.0772. The van der Waals surface area contributed by atoms with Crippen molar-refractivity contribution in [3.8, 4) is 11.6 Å². The molecule has 0 bridgehead atoms. The number of pyridine rings is 1. The summed E-state index contributed by atoms with van der Waals surface area (Å²) in [6.07, 6.45) is 3.40. The second kappa shape index (κ2) is 8.06. The number of fused-ring (bicyclic) bond motifs is 3. The highest BCUT2D eigenvalue weighted by atomic mass is 19.3. The molecule has 1 aliphatic rings. The zero-order valence-corrected chi connectivity index (χ0v) is 17.3. The maximum absolute atomic E-state index is 12.4. The van der Waals surface area contributed by atoms with Gasteiger partial charge in [0.05, 0.1) is 24.5 Å². The fourth-order valence-corrected chi connectivity index (χ4v) is 4.07. The van der Waals surface area contributed by atoms with Gasteiger partial charge in [0.2, 0.25) is 11.8 Å². The molecule has 32 heavy (non-hydrogen) atoms. The van der Waals surface area contributed by atoms with Crippen LogP contribution in [-0.4, -0.2) is 51.4 Å². The fraction of sp³-hybridized carbons (Fsp3) is 0.333. The Kier molecular flexibility index (Phi) is 5.08. The lowest BCUT2D eigenvalue weighted by atomic mass is 9.97. The molecule has 0 aliphatic carbocycles. The summed E-state index contributed by atoms with van der Waals surface area (Å²) in [6, 6.07) is 8.74. The van der Waals surface area contributed by atoms with Gasteiger partial charge in [-0.3, -0.25) is 0 Å². The molecule has 0 radical (unpaired) electrons. The number of piperidine rings is 1. The van der Waals surface area contributed by atoms with Crippen LogP contribution in [0.3, 0.4) is 0 Å². The van der Waals surface area contributed by atoms with Crippen molar-refractivity contribution < 1.29 is 18.3 Å². The molecule has 4 aromatic rings. The maximum Gasteiger partial charge on any atom is 0.388 e. The van der Waals surface area contributed by atoms with Gasteiger partial charge in [-0.1, -0.05) is 0 Å². The molecule has 1 aliphatic heterocycles. The van der Waals surface area contributed by atoms with Gasteiger partial charge in [-0.15, -0.1) is 5.10 Å². The van der Waals surface area contributed by atoms with Crippen LogP contribution in [0.1, 0.15) is 24.6 Å². The average molecular weight is 441 g/mol. The van der Waals surface area contributed by atoms with E-state index in [4.69, 9.17) is 15.5 Å². The van der Waals surface area contributed by atoms with Crippen LogP contribution in [0.2, 0.25) is 0 Å². The Balaban J connectivity index is 1.43. The normalized spacial score (nSPS) is 16.8. The molecule has 0 unspecified atom stereocenters. The lowest BCUT2D eigenvalue weighted by Gasteiger charge is -2.33. The molecule has 2 N–H and O–H groups in total. The standard InChI is InChI=1S/C21H21F2N7O2/c1-31-14-5-6-15-16(9-14)26-21(24)30-19(15)27-18(28-30)12-3-2-8-29(11-12)13-4-7-17(25-10-13)32-20(22)23/h4-7,9-10,12,20H,2-3,8,11H2,1H3,(H2,24,26)/t12-/m1/s1. The second-order valence-electron chi connectivity index (χ2n) is 7.58. The molecule has 0 spiro atoms.